The molecule has 2 aromatic carbocycles. The van der Waals surface area contributed by atoms with Crippen LogP contribution in [0.3, 0.4) is 0 Å². The Balaban J connectivity index is 1.48. The zero-order valence-electron chi connectivity index (χ0n) is 17.6. The van der Waals surface area contributed by atoms with Crippen LogP contribution in [-0.4, -0.2) is 26.7 Å². The van der Waals surface area contributed by atoms with Crippen LogP contribution < -0.4 is 10.1 Å². The van der Waals surface area contributed by atoms with Gasteiger partial charge in [-0.2, -0.15) is 4.98 Å². The van der Waals surface area contributed by atoms with E-state index < -0.39 is 0 Å². The second-order valence-electron chi connectivity index (χ2n) is 7.36. The molecule has 32 heavy (non-hydrogen) atoms. The molecule has 5 rings (SSSR count). The first-order valence-electron chi connectivity index (χ1n) is 10.1. The maximum atomic E-state index is 6.04. The average molecular weight is 442 g/mol. The van der Waals surface area contributed by atoms with Crippen molar-refractivity contribution >= 4 is 28.9 Å². The van der Waals surface area contributed by atoms with Crippen LogP contribution in [0.4, 0.5) is 11.6 Å². The molecule has 0 aliphatic carbocycles. The predicted octanol–water partition coefficient (Wildman–Crippen LogP) is 6.17. The van der Waals surface area contributed by atoms with Crippen molar-refractivity contribution in [2.45, 2.75) is 6.92 Å². The molecule has 3 aromatic heterocycles. The van der Waals surface area contributed by atoms with Gasteiger partial charge in [-0.05, 0) is 66.6 Å². The highest BCUT2D eigenvalue weighted by Crippen LogP contribution is 2.33. The lowest BCUT2D eigenvalue weighted by atomic mass is 10.0. The van der Waals surface area contributed by atoms with Gasteiger partial charge in [0.05, 0.1) is 7.11 Å². The zero-order valence-corrected chi connectivity index (χ0v) is 18.3. The minimum Gasteiger partial charge on any atom is -0.496 e. The Labute approximate surface area is 190 Å². The van der Waals surface area contributed by atoms with Crippen LogP contribution in [0, 0.1) is 6.92 Å². The lowest BCUT2D eigenvalue weighted by Gasteiger charge is -2.11. The van der Waals surface area contributed by atoms with Gasteiger partial charge >= 0.3 is 0 Å². The van der Waals surface area contributed by atoms with Gasteiger partial charge in [0.25, 0.3) is 0 Å². The van der Waals surface area contributed by atoms with Crippen molar-refractivity contribution in [2.24, 2.45) is 0 Å². The summed E-state index contributed by atoms with van der Waals surface area (Å²) in [4.78, 5) is 8.98. The molecule has 0 unspecified atom stereocenters. The molecule has 6 nitrogen and oxygen atoms in total. The van der Waals surface area contributed by atoms with E-state index in [1.54, 1.807) is 17.8 Å². The van der Waals surface area contributed by atoms with Gasteiger partial charge in [0.1, 0.15) is 5.75 Å². The second-order valence-corrected chi connectivity index (χ2v) is 7.79. The number of aromatic nitrogens is 4. The van der Waals surface area contributed by atoms with Crippen molar-refractivity contribution < 1.29 is 4.74 Å². The second kappa shape index (κ2) is 8.32. The number of fused-ring (bicyclic) bond motifs is 1. The number of anilines is 2. The molecule has 0 radical (unpaired) electrons. The van der Waals surface area contributed by atoms with Gasteiger partial charge in [-0.25, -0.2) is 4.52 Å². The third kappa shape index (κ3) is 3.88. The van der Waals surface area contributed by atoms with Crippen LogP contribution in [0.15, 0.2) is 79.1 Å². The van der Waals surface area contributed by atoms with E-state index in [-0.39, 0.29) is 0 Å². The normalized spacial score (nSPS) is 11.0. The van der Waals surface area contributed by atoms with Gasteiger partial charge in [-0.1, -0.05) is 23.7 Å². The third-order valence-electron chi connectivity index (χ3n) is 5.18. The molecule has 0 spiro atoms. The molecule has 0 fully saturated rings. The quantitative estimate of drug-likeness (QED) is 0.353. The Morgan fingerprint density at radius 1 is 0.938 bits per heavy atom. The smallest absolute Gasteiger partial charge is 0.247 e. The molecule has 0 aliphatic heterocycles. The van der Waals surface area contributed by atoms with Crippen LogP contribution in [0.1, 0.15) is 5.69 Å². The maximum Gasteiger partial charge on any atom is 0.247 e. The molecule has 7 heteroatoms. The SMILES string of the molecule is COc1cc(Nc2nc3c(-c4ccc(Cl)cc4)cccn3n2)ccc1-c1ccnc(C)c1. The van der Waals surface area contributed by atoms with Crippen molar-refractivity contribution in [3.63, 3.8) is 0 Å². The number of methoxy groups -OCH3 is 1. The molecule has 0 bridgehead atoms. The Morgan fingerprint density at radius 2 is 1.78 bits per heavy atom. The Kier molecular flexibility index (Phi) is 5.21. The third-order valence-corrected chi connectivity index (χ3v) is 5.43. The molecule has 0 amide bonds. The van der Waals surface area contributed by atoms with Crippen molar-refractivity contribution in [1.29, 1.82) is 0 Å². The molecule has 3 heterocycles. The fourth-order valence-electron chi connectivity index (χ4n) is 3.66. The summed E-state index contributed by atoms with van der Waals surface area (Å²) in [5, 5.41) is 8.57. The summed E-state index contributed by atoms with van der Waals surface area (Å²) in [6.07, 6.45) is 3.68. The zero-order chi connectivity index (χ0) is 22.1. The molecule has 0 saturated carbocycles. The van der Waals surface area contributed by atoms with Gasteiger partial charge in [-0.3, -0.25) is 4.98 Å². The first-order valence-corrected chi connectivity index (χ1v) is 10.5. The number of benzene rings is 2. The van der Waals surface area contributed by atoms with E-state index in [0.29, 0.717) is 11.0 Å². The fourth-order valence-corrected chi connectivity index (χ4v) is 3.79. The van der Waals surface area contributed by atoms with Crippen molar-refractivity contribution in [3.05, 3.63) is 89.8 Å². The molecular weight excluding hydrogens is 422 g/mol. The summed E-state index contributed by atoms with van der Waals surface area (Å²) >= 11 is 6.04. The molecule has 0 atom stereocenters. The number of aryl methyl sites for hydroxylation is 1. The van der Waals surface area contributed by atoms with Crippen molar-refractivity contribution in [3.8, 4) is 28.0 Å². The monoisotopic (exact) mass is 441 g/mol. The molecule has 1 N–H and O–H groups in total. The summed E-state index contributed by atoms with van der Waals surface area (Å²) in [7, 11) is 1.66. The van der Waals surface area contributed by atoms with Gasteiger partial charge < -0.3 is 10.1 Å². The Morgan fingerprint density at radius 3 is 2.56 bits per heavy atom. The first-order chi connectivity index (χ1) is 15.6. The van der Waals surface area contributed by atoms with E-state index in [2.05, 4.69) is 15.4 Å². The average Bonchev–Trinajstić information content (AvgIpc) is 3.22. The molecular formula is C25H20ClN5O. The summed E-state index contributed by atoms with van der Waals surface area (Å²) in [6.45, 7) is 1.97. The van der Waals surface area contributed by atoms with Crippen LogP contribution in [0.2, 0.25) is 5.02 Å². The van der Waals surface area contributed by atoms with Crippen LogP contribution >= 0.6 is 11.6 Å². The number of nitrogens with zero attached hydrogens (tertiary/aromatic N) is 4. The van der Waals surface area contributed by atoms with Crippen LogP contribution in [0.25, 0.3) is 27.9 Å². The number of hydrogen-bond acceptors (Lipinski definition) is 5. The minimum absolute atomic E-state index is 0.501. The number of hydrogen-bond donors (Lipinski definition) is 1. The standard InChI is InChI=1S/C25H20ClN5O/c1-16-14-18(11-12-27-16)21-10-9-20(15-23(21)32-2)28-25-29-24-22(4-3-13-31(24)30-25)17-5-7-19(26)8-6-17/h3-15H,1-2H3,(H,28,30). The van der Waals surface area contributed by atoms with Gasteiger partial charge in [0.15, 0.2) is 5.65 Å². The predicted molar refractivity (Wildman–Crippen MR) is 128 cm³/mol. The molecule has 158 valence electrons. The van der Waals surface area contributed by atoms with Crippen molar-refractivity contribution in [1.82, 2.24) is 19.6 Å². The summed E-state index contributed by atoms with van der Waals surface area (Å²) in [5.41, 5.74) is 6.60. The van der Waals surface area contributed by atoms with Gasteiger partial charge in [0.2, 0.25) is 5.95 Å². The van der Waals surface area contributed by atoms with Crippen LogP contribution in [0.5, 0.6) is 5.75 Å². The number of ether oxygens (including phenoxy) is 1. The molecule has 0 aliphatic rings. The van der Waals surface area contributed by atoms with E-state index in [9.17, 15) is 0 Å². The van der Waals surface area contributed by atoms with E-state index >= 15 is 0 Å². The lowest BCUT2D eigenvalue weighted by Crippen LogP contribution is -1.95. The topological polar surface area (TPSA) is 64.3 Å². The summed E-state index contributed by atoms with van der Waals surface area (Å²) < 4.78 is 7.41. The van der Waals surface area contributed by atoms with Gasteiger partial charge in [-0.15, -0.1) is 5.10 Å². The maximum absolute atomic E-state index is 6.04. The van der Waals surface area contributed by atoms with Crippen LogP contribution in [-0.2, 0) is 0 Å². The number of halogens is 1. The fraction of sp³-hybridized carbons (Fsp3) is 0.0800. The molecule has 5 aromatic rings. The lowest BCUT2D eigenvalue weighted by molar-refractivity contribution is 0.416. The number of nitrogens with one attached hydrogen (secondary N) is 1. The highest BCUT2D eigenvalue weighted by atomic mass is 35.5. The highest BCUT2D eigenvalue weighted by molar-refractivity contribution is 6.30. The largest absolute Gasteiger partial charge is 0.496 e. The van der Waals surface area contributed by atoms with Crippen molar-refractivity contribution in [2.75, 3.05) is 12.4 Å². The number of rotatable bonds is 5. The molecule has 0 saturated heterocycles. The minimum atomic E-state index is 0.501. The summed E-state index contributed by atoms with van der Waals surface area (Å²) in [5.74, 6) is 1.26. The Bertz CT molecular complexity index is 1410. The summed E-state index contributed by atoms with van der Waals surface area (Å²) in [6, 6.07) is 21.6. The first kappa shape index (κ1) is 20.0. The Hall–Kier alpha value is -3.90. The van der Waals surface area contributed by atoms with E-state index in [1.807, 2.05) is 79.9 Å². The van der Waals surface area contributed by atoms with Gasteiger partial charge in [0, 0.05) is 46.0 Å². The number of pyridine rings is 2. The van der Waals surface area contributed by atoms with E-state index in [4.69, 9.17) is 21.3 Å². The van der Waals surface area contributed by atoms with E-state index in [0.717, 1.165) is 45.0 Å². The highest BCUT2D eigenvalue weighted by Gasteiger charge is 2.12. The van der Waals surface area contributed by atoms with E-state index in [1.165, 1.54) is 0 Å².